The molecule has 4 aromatic rings. The van der Waals surface area contributed by atoms with Gasteiger partial charge >= 0.3 is 5.97 Å². The van der Waals surface area contributed by atoms with Crippen LogP contribution in [0.4, 0.5) is 0 Å². The second-order valence-electron chi connectivity index (χ2n) is 12.5. The van der Waals surface area contributed by atoms with E-state index in [1.54, 1.807) is 0 Å². The third-order valence-corrected chi connectivity index (χ3v) is 9.24. The fraction of sp³-hybridized carbons (Fsp3) is 0.390. The fourth-order valence-corrected chi connectivity index (χ4v) is 6.75. The molecule has 5 heteroatoms. The molecule has 242 valence electrons. The average molecular weight is 620 g/mol. The summed E-state index contributed by atoms with van der Waals surface area (Å²) >= 11 is 0. The number of aryl methyl sites for hydroxylation is 4. The summed E-state index contributed by atoms with van der Waals surface area (Å²) in [4.78, 5) is 13.9. The maximum atomic E-state index is 11.5. The van der Waals surface area contributed by atoms with Gasteiger partial charge in [0, 0.05) is 19.6 Å². The van der Waals surface area contributed by atoms with Crippen LogP contribution in [0.25, 0.3) is 0 Å². The Labute approximate surface area is 275 Å². The molecule has 2 unspecified atom stereocenters. The average Bonchev–Trinajstić information content (AvgIpc) is 3.24. The Morgan fingerprint density at radius 1 is 0.848 bits per heavy atom. The minimum Gasteiger partial charge on any atom is -0.492 e. The van der Waals surface area contributed by atoms with Gasteiger partial charge in [0.15, 0.2) is 6.10 Å². The van der Waals surface area contributed by atoms with E-state index in [1.165, 1.54) is 51.8 Å². The van der Waals surface area contributed by atoms with Crippen molar-refractivity contribution in [3.8, 4) is 5.75 Å². The van der Waals surface area contributed by atoms with Crippen LogP contribution in [0.15, 0.2) is 91.0 Å². The lowest BCUT2D eigenvalue weighted by Crippen LogP contribution is -2.30. The third-order valence-electron chi connectivity index (χ3n) is 9.24. The van der Waals surface area contributed by atoms with E-state index in [1.807, 2.05) is 31.2 Å². The number of hydrogen-bond donors (Lipinski definition) is 1. The Kier molecular flexibility index (Phi) is 12.0. The number of unbranched alkanes of at least 4 members (excludes halogenated alkanes) is 1. The number of carbonyl (C=O) groups is 1. The first-order chi connectivity index (χ1) is 22.5. The molecule has 0 aromatic heterocycles. The molecule has 0 aliphatic heterocycles. The quantitative estimate of drug-likeness (QED) is 0.138. The van der Waals surface area contributed by atoms with E-state index in [0.29, 0.717) is 19.6 Å². The van der Waals surface area contributed by atoms with Gasteiger partial charge in [0.05, 0.1) is 6.04 Å². The van der Waals surface area contributed by atoms with Crippen molar-refractivity contribution in [2.45, 2.75) is 77.4 Å². The van der Waals surface area contributed by atoms with Crippen LogP contribution in [0, 0.1) is 0 Å². The van der Waals surface area contributed by atoms with Crippen molar-refractivity contribution in [1.29, 1.82) is 0 Å². The first-order valence-corrected chi connectivity index (χ1v) is 17.0. The van der Waals surface area contributed by atoms with Gasteiger partial charge in [0.25, 0.3) is 0 Å². The van der Waals surface area contributed by atoms with E-state index >= 15 is 0 Å². The van der Waals surface area contributed by atoms with Gasteiger partial charge in [-0.1, -0.05) is 92.2 Å². The van der Waals surface area contributed by atoms with Gasteiger partial charge in [0.2, 0.25) is 0 Å². The molecular formula is C41H49NO4. The second-order valence-corrected chi connectivity index (χ2v) is 12.5. The summed E-state index contributed by atoms with van der Waals surface area (Å²) in [6, 6.07) is 32.8. The Balaban J connectivity index is 1.33. The molecule has 0 bridgehead atoms. The maximum Gasteiger partial charge on any atom is 0.333 e. The second kappa shape index (κ2) is 16.6. The fourth-order valence-electron chi connectivity index (χ4n) is 6.75. The number of carboxylic acid groups (broad SMARTS) is 1. The third kappa shape index (κ3) is 8.65. The summed E-state index contributed by atoms with van der Waals surface area (Å²) in [5.41, 5.74) is 11.0. The van der Waals surface area contributed by atoms with E-state index in [2.05, 4.69) is 85.6 Å². The molecule has 46 heavy (non-hydrogen) atoms. The zero-order valence-electron chi connectivity index (χ0n) is 27.7. The van der Waals surface area contributed by atoms with Crippen LogP contribution in [-0.2, 0) is 48.1 Å². The van der Waals surface area contributed by atoms with Crippen LogP contribution in [0.2, 0.25) is 0 Å². The molecule has 0 spiro atoms. The van der Waals surface area contributed by atoms with Crippen molar-refractivity contribution in [3.05, 3.63) is 136 Å². The summed E-state index contributed by atoms with van der Waals surface area (Å²) in [7, 11) is 2.22. The number of likely N-dealkylation sites (N-methyl/N-ethyl adjacent to an activating group) is 1. The minimum atomic E-state index is -0.938. The molecule has 0 fully saturated rings. The zero-order chi connectivity index (χ0) is 32.3. The van der Waals surface area contributed by atoms with E-state index in [0.717, 1.165) is 50.0 Å². The van der Waals surface area contributed by atoms with Crippen LogP contribution >= 0.6 is 0 Å². The van der Waals surface area contributed by atoms with Gasteiger partial charge in [-0.2, -0.15) is 0 Å². The number of fused-ring (bicyclic) bond motifs is 2. The Morgan fingerprint density at radius 3 is 2.37 bits per heavy atom. The van der Waals surface area contributed by atoms with Crippen LogP contribution in [0.1, 0.15) is 77.2 Å². The van der Waals surface area contributed by atoms with E-state index in [-0.39, 0.29) is 6.04 Å². The lowest BCUT2D eigenvalue weighted by atomic mass is 9.89. The number of ether oxygens (including phenoxy) is 2. The number of carboxylic acids is 1. The van der Waals surface area contributed by atoms with Crippen molar-refractivity contribution < 1.29 is 19.4 Å². The Bertz CT molecular complexity index is 1550. The van der Waals surface area contributed by atoms with Crippen molar-refractivity contribution in [2.75, 3.05) is 26.8 Å². The lowest BCUT2D eigenvalue weighted by Gasteiger charge is -2.31. The number of rotatable bonds is 16. The number of hydrogen-bond acceptors (Lipinski definition) is 4. The summed E-state index contributed by atoms with van der Waals surface area (Å²) in [5, 5.41) is 9.42. The van der Waals surface area contributed by atoms with Gasteiger partial charge in [-0.05, 0) is 109 Å². The first kappa shape index (κ1) is 33.4. The number of aliphatic carboxylic acids is 1. The summed E-state index contributed by atoms with van der Waals surface area (Å²) in [6.07, 6.45) is 7.26. The smallest absolute Gasteiger partial charge is 0.333 e. The van der Waals surface area contributed by atoms with E-state index < -0.39 is 12.1 Å². The van der Waals surface area contributed by atoms with Gasteiger partial charge in [-0.15, -0.1) is 0 Å². The maximum absolute atomic E-state index is 11.5. The molecule has 0 saturated carbocycles. The van der Waals surface area contributed by atoms with Crippen LogP contribution in [-0.4, -0.2) is 48.9 Å². The molecule has 4 aromatic carbocycles. The normalized spacial score (nSPS) is 14.7. The lowest BCUT2D eigenvalue weighted by molar-refractivity contribution is -0.149. The molecule has 5 nitrogen and oxygen atoms in total. The van der Waals surface area contributed by atoms with Crippen LogP contribution in [0.3, 0.4) is 0 Å². The molecule has 1 aliphatic carbocycles. The molecule has 2 atom stereocenters. The summed E-state index contributed by atoms with van der Waals surface area (Å²) in [5.74, 6) is -0.154. The summed E-state index contributed by atoms with van der Waals surface area (Å²) in [6.45, 7) is 5.76. The van der Waals surface area contributed by atoms with Gasteiger partial charge in [-0.25, -0.2) is 4.79 Å². The molecule has 0 saturated heterocycles. The van der Waals surface area contributed by atoms with E-state index in [4.69, 9.17) is 9.47 Å². The highest BCUT2D eigenvalue weighted by molar-refractivity contribution is 5.72. The molecular weight excluding hydrogens is 570 g/mol. The Morgan fingerprint density at radius 2 is 1.63 bits per heavy atom. The monoisotopic (exact) mass is 619 g/mol. The van der Waals surface area contributed by atoms with Crippen molar-refractivity contribution in [1.82, 2.24) is 4.90 Å². The minimum absolute atomic E-state index is 0.155. The summed E-state index contributed by atoms with van der Waals surface area (Å²) < 4.78 is 11.6. The highest BCUT2D eigenvalue weighted by Gasteiger charge is 2.28. The first-order valence-electron chi connectivity index (χ1n) is 17.0. The molecule has 0 amide bonds. The van der Waals surface area contributed by atoms with Crippen LogP contribution in [0.5, 0.6) is 5.75 Å². The predicted octanol–water partition coefficient (Wildman–Crippen LogP) is 8.05. The van der Waals surface area contributed by atoms with Gasteiger partial charge in [-0.3, -0.25) is 4.90 Å². The standard InChI is InChI=1S/C41H49NO4/c1-4-6-11-31-19-24-37-34(28-31)21-25-36-33(20-16-30-12-8-7-9-13-30)14-10-15-38(36)40(37)42(3)26-27-46-35-22-17-32(18-23-35)29-39(41(43)44)45-5-2/h7-10,12-15,17-19,22-24,28,39-40H,4-6,11,16,20-21,25-27,29H2,1-3H3,(H,43,44). The zero-order valence-corrected chi connectivity index (χ0v) is 27.7. The molecule has 1 aliphatic rings. The van der Waals surface area contributed by atoms with Crippen molar-refractivity contribution in [3.63, 3.8) is 0 Å². The van der Waals surface area contributed by atoms with Crippen molar-refractivity contribution >= 4 is 5.97 Å². The highest BCUT2D eigenvalue weighted by Crippen LogP contribution is 2.38. The molecule has 0 radical (unpaired) electrons. The Hall–Kier alpha value is -3.93. The highest BCUT2D eigenvalue weighted by atomic mass is 16.5. The largest absolute Gasteiger partial charge is 0.492 e. The van der Waals surface area contributed by atoms with E-state index in [9.17, 15) is 9.90 Å². The molecule has 5 rings (SSSR count). The topological polar surface area (TPSA) is 59.0 Å². The molecule has 1 N–H and O–H groups in total. The van der Waals surface area contributed by atoms with Crippen molar-refractivity contribution in [2.24, 2.45) is 0 Å². The van der Waals surface area contributed by atoms with Crippen LogP contribution < -0.4 is 4.74 Å². The predicted molar refractivity (Wildman–Crippen MR) is 186 cm³/mol. The van der Waals surface area contributed by atoms with Gasteiger partial charge < -0.3 is 14.6 Å². The molecule has 0 heterocycles. The SMILES string of the molecule is CCCCc1ccc2c(c1)CCc1c(CCc3ccccc3)cccc1C2N(C)CCOc1ccc(CC(OCC)C(=O)O)cc1. The van der Waals surface area contributed by atoms with Gasteiger partial charge in [0.1, 0.15) is 12.4 Å². The number of benzene rings is 4. The number of nitrogens with zero attached hydrogens (tertiary/aromatic N) is 1.